The van der Waals surface area contributed by atoms with Gasteiger partial charge >= 0.3 is 0 Å². The van der Waals surface area contributed by atoms with Crippen LogP contribution >= 0.6 is 10.8 Å². The second-order valence-electron chi connectivity index (χ2n) is 1.23. The lowest BCUT2D eigenvalue weighted by atomic mass is 10.8. The predicted molar refractivity (Wildman–Crippen MR) is 27.6 cm³/mol. The van der Waals surface area contributed by atoms with Crippen LogP contribution in [0, 0.1) is 6.92 Å². The van der Waals surface area contributed by atoms with Gasteiger partial charge in [-0.3, -0.25) is 0 Å². The summed E-state index contributed by atoms with van der Waals surface area (Å²) in [6, 6.07) is 0. The minimum absolute atomic E-state index is 0.694. The number of rotatable bonds is 0. The highest BCUT2D eigenvalue weighted by atomic mass is 32.2. The number of aryl methyl sites for hydroxylation is 1. The molecule has 0 radical (unpaired) electrons. The molecule has 0 amide bonds. The summed E-state index contributed by atoms with van der Waals surface area (Å²) in [6.07, 6.45) is 1.56. The van der Waals surface area contributed by atoms with Crippen LogP contribution in [0.5, 0.6) is 0 Å². The molecule has 1 heterocycles. The van der Waals surface area contributed by atoms with Crippen molar-refractivity contribution in [3.05, 3.63) is 16.6 Å². The standard InChI is InChI=1S/C4H5NOS/c1-4-5-2-3-7(4)6/h2-3H,1H3. The second kappa shape index (κ2) is 1.60. The van der Waals surface area contributed by atoms with Crippen molar-refractivity contribution in [1.29, 1.82) is 0 Å². The van der Waals surface area contributed by atoms with E-state index in [9.17, 15) is 4.55 Å². The van der Waals surface area contributed by atoms with Gasteiger partial charge in [0, 0.05) is 6.92 Å². The molecule has 0 saturated heterocycles. The molecule has 1 unspecified atom stereocenters. The van der Waals surface area contributed by atoms with Crippen molar-refractivity contribution in [3.63, 3.8) is 0 Å². The third-order valence-corrected chi connectivity index (χ3v) is 1.79. The molecule has 1 rings (SSSR count). The zero-order valence-corrected chi connectivity index (χ0v) is 4.73. The van der Waals surface area contributed by atoms with E-state index >= 15 is 0 Å². The Morgan fingerprint density at radius 1 is 1.86 bits per heavy atom. The fourth-order valence-electron chi connectivity index (χ4n) is 0.341. The Kier molecular flexibility index (Phi) is 1.08. The smallest absolute Gasteiger partial charge is 0.237 e. The molecule has 0 aliphatic rings. The first-order chi connectivity index (χ1) is 3.30. The van der Waals surface area contributed by atoms with Crippen LogP contribution in [0.4, 0.5) is 0 Å². The maximum absolute atomic E-state index is 10.5. The van der Waals surface area contributed by atoms with Gasteiger partial charge in [0.1, 0.15) is 0 Å². The van der Waals surface area contributed by atoms with Crippen molar-refractivity contribution < 1.29 is 4.55 Å². The van der Waals surface area contributed by atoms with Crippen LogP contribution in [-0.2, 0) is 0 Å². The molecular formula is C4H5NOS. The van der Waals surface area contributed by atoms with Crippen molar-refractivity contribution in [2.45, 2.75) is 6.92 Å². The van der Waals surface area contributed by atoms with Crippen LogP contribution in [0.3, 0.4) is 0 Å². The number of nitrogens with zero attached hydrogens (tertiary/aromatic N) is 1. The number of thiazole rings is 1. The molecule has 1 aromatic rings. The van der Waals surface area contributed by atoms with Crippen LogP contribution in [0.2, 0.25) is 0 Å². The molecule has 0 spiro atoms. The molecule has 3 heteroatoms. The number of aromatic nitrogens is 1. The quantitative estimate of drug-likeness (QED) is 0.475. The number of hydrogen-bond acceptors (Lipinski definition) is 2. The van der Waals surface area contributed by atoms with Gasteiger partial charge in [-0.25, -0.2) is 4.98 Å². The van der Waals surface area contributed by atoms with Gasteiger partial charge in [-0.1, -0.05) is 0 Å². The second-order valence-corrected chi connectivity index (χ2v) is 2.69. The molecule has 1 atom stereocenters. The normalized spacial score (nSPS) is 12.0. The van der Waals surface area contributed by atoms with Gasteiger partial charge < -0.3 is 4.55 Å². The van der Waals surface area contributed by atoms with E-state index in [-0.39, 0.29) is 0 Å². The zero-order chi connectivity index (χ0) is 5.28. The van der Waals surface area contributed by atoms with Crippen molar-refractivity contribution in [2.24, 2.45) is 0 Å². The highest BCUT2D eigenvalue weighted by Gasteiger charge is 1.94. The van der Waals surface area contributed by atoms with Crippen LogP contribution in [-0.4, -0.2) is 9.54 Å². The Morgan fingerprint density at radius 3 is 2.71 bits per heavy atom. The fourth-order valence-corrected chi connectivity index (χ4v) is 0.874. The van der Waals surface area contributed by atoms with Crippen LogP contribution in [0.25, 0.3) is 0 Å². The van der Waals surface area contributed by atoms with E-state index in [0.29, 0.717) is 5.01 Å². The largest absolute Gasteiger partial charge is 0.589 e. The lowest BCUT2D eigenvalue weighted by Crippen LogP contribution is -1.63. The molecule has 0 N–H and O–H groups in total. The molecule has 0 bridgehead atoms. The summed E-state index contributed by atoms with van der Waals surface area (Å²) in [6.45, 7) is 1.75. The van der Waals surface area contributed by atoms with Gasteiger partial charge in [0.05, 0.1) is 6.20 Å². The molecule has 0 fully saturated rings. The summed E-state index contributed by atoms with van der Waals surface area (Å²) in [5.74, 6) is 0. The summed E-state index contributed by atoms with van der Waals surface area (Å²) >= 11 is 0. The molecule has 2 nitrogen and oxygen atoms in total. The Labute approximate surface area is 44.6 Å². The van der Waals surface area contributed by atoms with Crippen LogP contribution in [0.15, 0.2) is 11.6 Å². The maximum atomic E-state index is 10.5. The topological polar surface area (TPSA) is 36.0 Å². The van der Waals surface area contributed by atoms with E-state index in [1.165, 1.54) is 0 Å². The molecule has 7 heavy (non-hydrogen) atoms. The summed E-state index contributed by atoms with van der Waals surface area (Å²) < 4.78 is 10.5. The van der Waals surface area contributed by atoms with Gasteiger partial charge in [-0.15, -0.1) is 0 Å². The van der Waals surface area contributed by atoms with E-state index in [4.69, 9.17) is 0 Å². The minimum atomic E-state index is -0.898. The highest BCUT2D eigenvalue weighted by molar-refractivity contribution is 7.23. The van der Waals surface area contributed by atoms with Gasteiger partial charge in [-0.05, 0) is 10.8 Å². The summed E-state index contributed by atoms with van der Waals surface area (Å²) in [5.41, 5.74) is 0. The van der Waals surface area contributed by atoms with Gasteiger partial charge in [0.15, 0.2) is 5.38 Å². The van der Waals surface area contributed by atoms with E-state index in [0.717, 1.165) is 0 Å². The zero-order valence-electron chi connectivity index (χ0n) is 3.92. The summed E-state index contributed by atoms with van der Waals surface area (Å²) in [4.78, 5) is 3.75. The van der Waals surface area contributed by atoms with Crippen LogP contribution < -0.4 is 0 Å². The molecule has 1 aromatic heterocycles. The Balaban J connectivity index is 3.12. The monoisotopic (exact) mass is 115 g/mol. The molecule has 0 aliphatic carbocycles. The highest BCUT2D eigenvalue weighted by Crippen LogP contribution is 2.13. The van der Waals surface area contributed by atoms with E-state index in [1.807, 2.05) is 0 Å². The van der Waals surface area contributed by atoms with E-state index < -0.39 is 10.8 Å². The van der Waals surface area contributed by atoms with Gasteiger partial charge in [-0.2, -0.15) is 0 Å². The average Bonchev–Trinajstić information content (AvgIpc) is 1.91. The van der Waals surface area contributed by atoms with Crippen LogP contribution in [0.1, 0.15) is 5.01 Å². The third kappa shape index (κ3) is 0.783. The SMILES string of the molecule is Cc1ncc[s+]1[O-]. The molecule has 38 valence electrons. The predicted octanol–water partition coefficient (Wildman–Crippen LogP) is 1.12. The molecular weight excluding hydrogens is 110 g/mol. The minimum Gasteiger partial charge on any atom is -0.589 e. The Hall–Kier alpha value is -0.410. The first-order valence-electron chi connectivity index (χ1n) is 1.92. The maximum Gasteiger partial charge on any atom is 0.237 e. The Bertz CT molecular complexity index is 144. The van der Waals surface area contributed by atoms with Crippen molar-refractivity contribution in [3.8, 4) is 0 Å². The van der Waals surface area contributed by atoms with Gasteiger partial charge in [0.25, 0.3) is 0 Å². The van der Waals surface area contributed by atoms with Crippen molar-refractivity contribution in [2.75, 3.05) is 0 Å². The Morgan fingerprint density at radius 2 is 2.57 bits per heavy atom. The third-order valence-electron chi connectivity index (χ3n) is 0.732. The van der Waals surface area contributed by atoms with Crippen molar-refractivity contribution >= 4 is 10.8 Å². The van der Waals surface area contributed by atoms with E-state index in [1.54, 1.807) is 18.5 Å². The fraction of sp³-hybridized carbons (Fsp3) is 0.250. The van der Waals surface area contributed by atoms with E-state index in [2.05, 4.69) is 4.98 Å². The average molecular weight is 115 g/mol. The summed E-state index contributed by atoms with van der Waals surface area (Å²) in [5, 5.41) is 2.26. The number of hydrogen-bond donors (Lipinski definition) is 0. The first-order valence-corrected chi connectivity index (χ1v) is 3.13. The lowest BCUT2D eigenvalue weighted by molar-refractivity contribution is 0.596. The summed E-state index contributed by atoms with van der Waals surface area (Å²) in [7, 11) is -0.898. The molecule has 0 aromatic carbocycles. The molecule has 0 saturated carbocycles. The molecule has 0 aliphatic heterocycles. The van der Waals surface area contributed by atoms with Crippen molar-refractivity contribution in [1.82, 2.24) is 4.98 Å². The first kappa shape index (κ1) is 4.74. The lowest BCUT2D eigenvalue weighted by Gasteiger charge is -1.81. The van der Waals surface area contributed by atoms with Gasteiger partial charge in [0.2, 0.25) is 5.01 Å².